The van der Waals surface area contributed by atoms with E-state index in [0.717, 1.165) is 5.56 Å². The zero-order valence-corrected chi connectivity index (χ0v) is 23.8. The number of carbonyl (C=O) groups excluding carboxylic acids is 4. The van der Waals surface area contributed by atoms with Gasteiger partial charge in [0, 0.05) is 18.7 Å². The van der Waals surface area contributed by atoms with Crippen molar-refractivity contribution in [3.8, 4) is 5.75 Å². The molecular weight excluding hydrogens is 541 g/mol. The number of unbranched alkanes of at least 4 members (excludes halogenated alkanes) is 1. The molecule has 42 heavy (non-hydrogen) atoms. The number of phenols is 1. The molecule has 0 saturated carbocycles. The predicted molar refractivity (Wildman–Crippen MR) is 157 cm³/mol. The average molecular weight is 581 g/mol. The Morgan fingerprint density at radius 2 is 1.67 bits per heavy atom. The van der Waals surface area contributed by atoms with Crippen molar-refractivity contribution in [2.75, 3.05) is 13.1 Å². The number of amides is 4. The molecular formula is C29H40BN5O7. The lowest BCUT2D eigenvalue weighted by Gasteiger charge is -2.27. The molecule has 0 aliphatic carbocycles. The monoisotopic (exact) mass is 581 g/mol. The van der Waals surface area contributed by atoms with Gasteiger partial charge in [-0.05, 0) is 81.0 Å². The Hall–Kier alpha value is -3.94. The van der Waals surface area contributed by atoms with Crippen molar-refractivity contribution in [3.63, 3.8) is 0 Å². The van der Waals surface area contributed by atoms with Crippen LogP contribution < -0.4 is 21.7 Å². The number of hydrogen-bond acceptors (Lipinski definition) is 8. The van der Waals surface area contributed by atoms with Gasteiger partial charge < -0.3 is 41.7 Å². The molecule has 3 atom stereocenters. The molecule has 1 aliphatic rings. The Bertz CT molecular complexity index is 1210. The molecule has 0 radical (unpaired) electrons. The van der Waals surface area contributed by atoms with Crippen LogP contribution in [0.4, 0.5) is 0 Å². The summed E-state index contributed by atoms with van der Waals surface area (Å²) in [5.74, 6) is -2.07. The van der Waals surface area contributed by atoms with E-state index in [1.54, 1.807) is 43.3 Å². The number of nitrogens with one attached hydrogen (secondary N) is 3. The van der Waals surface area contributed by atoms with Crippen LogP contribution in [-0.4, -0.2) is 81.9 Å². The van der Waals surface area contributed by atoms with Gasteiger partial charge in [0.25, 0.3) is 5.91 Å². The highest BCUT2D eigenvalue weighted by Crippen LogP contribution is 2.19. The highest BCUT2D eigenvalue weighted by atomic mass is 16.4. The standard InChI is InChI=1S/C29H40BN5O7/c1-19(29(40)35-16-4-6-25(35)30(41)42)33-27(38)22-11-7-21(8-12-22)18-32-28(39)24(5-2-3-15-31)34-26(37)17-20-9-13-23(36)14-10-20/h7-14,19,24-25,36,41-42H,2-6,15-18,31H2,1H3,(H,32,39)(H,33,38)(H,34,37)/t19-,24+,25+/m1/s1. The summed E-state index contributed by atoms with van der Waals surface area (Å²) in [6.07, 6.45) is 3.02. The number of likely N-dealkylation sites (tertiary alicyclic amines) is 1. The molecule has 1 fully saturated rings. The highest BCUT2D eigenvalue weighted by Gasteiger charge is 2.38. The second kappa shape index (κ2) is 15.9. The largest absolute Gasteiger partial charge is 0.508 e. The van der Waals surface area contributed by atoms with Crippen molar-refractivity contribution in [3.05, 3.63) is 65.2 Å². The maximum absolute atomic E-state index is 13.0. The topological polar surface area (TPSA) is 194 Å². The van der Waals surface area contributed by atoms with E-state index in [0.29, 0.717) is 56.3 Å². The normalized spacial score (nSPS) is 15.9. The molecule has 0 aromatic heterocycles. The lowest BCUT2D eigenvalue weighted by molar-refractivity contribution is -0.132. The van der Waals surface area contributed by atoms with Gasteiger partial charge in [0.1, 0.15) is 17.8 Å². The van der Waals surface area contributed by atoms with E-state index in [2.05, 4.69) is 16.0 Å². The van der Waals surface area contributed by atoms with Crippen LogP contribution >= 0.6 is 0 Å². The van der Waals surface area contributed by atoms with Crippen molar-refractivity contribution in [2.45, 2.75) is 70.0 Å². The first-order valence-electron chi connectivity index (χ1n) is 14.2. The van der Waals surface area contributed by atoms with Crippen LogP contribution in [0, 0.1) is 0 Å². The first-order valence-corrected chi connectivity index (χ1v) is 14.2. The van der Waals surface area contributed by atoms with Crippen LogP contribution in [0.15, 0.2) is 48.5 Å². The molecule has 0 unspecified atom stereocenters. The fourth-order valence-corrected chi connectivity index (χ4v) is 4.86. The van der Waals surface area contributed by atoms with Crippen LogP contribution in [0.2, 0.25) is 0 Å². The number of nitrogens with two attached hydrogens (primary N) is 1. The fraction of sp³-hybridized carbons (Fsp3) is 0.448. The summed E-state index contributed by atoms with van der Waals surface area (Å²) in [4.78, 5) is 52.4. The van der Waals surface area contributed by atoms with Crippen LogP contribution in [-0.2, 0) is 27.3 Å². The van der Waals surface area contributed by atoms with Crippen molar-refractivity contribution in [2.24, 2.45) is 5.73 Å². The summed E-state index contributed by atoms with van der Waals surface area (Å²) >= 11 is 0. The van der Waals surface area contributed by atoms with E-state index < -0.39 is 31.1 Å². The third-order valence-electron chi connectivity index (χ3n) is 7.23. The van der Waals surface area contributed by atoms with Gasteiger partial charge in [-0.2, -0.15) is 0 Å². The van der Waals surface area contributed by atoms with Gasteiger partial charge in [-0.1, -0.05) is 24.3 Å². The van der Waals surface area contributed by atoms with E-state index in [1.807, 2.05) is 0 Å². The maximum Gasteiger partial charge on any atom is 0.475 e. The molecule has 0 bridgehead atoms. The SMILES string of the molecule is C[C@@H](NC(=O)c1ccc(CNC(=O)[C@H](CCCCN)NC(=O)Cc2ccc(O)cc2)cc1)C(=O)N1CCC[C@H]1B(O)O. The Morgan fingerprint density at radius 1 is 1.00 bits per heavy atom. The molecule has 2 aromatic carbocycles. The van der Waals surface area contributed by atoms with Crippen molar-refractivity contribution < 1.29 is 34.3 Å². The van der Waals surface area contributed by atoms with Crippen molar-refractivity contribution >= 4 is 30.7 Å². The lowest BCUT2D eigenvalue weighted by atomic mass is 9.78. The van der Waals surface area contributed by atoms with E-state index >= 15 is 0 Å². The summed E-state index contributed by atoms with van der Waals surface area (Å²) in [7, 11) is -1.63. The van der Waals surface area contributed by atoms with Crippen LogP contribution in [0.25, 0.3) is 0 Å². The van der Waals surface area contributed by atoms with Gasteiger partial charge in [0.15, 0.2) is 0 Å². The van der Waals surface area contributed by atoms with Gasteiger partial charge in [-0.15, -0.1) is 0 Å². The second-order valence-corrected chi connectivity index (χ2v) is 10.5. The third kappa shape index (κ3) is 9.57. The minimum Gasteiger partial charge on any atom is -0.508 e. The molecule has 2 aromatic rings. The molecule has 13 heteroatoms. The lowest BCUT2D eigenvalue weighted by Crippen LogP contribution is -2.52. The van der Waals surface area contributed by atoms with E-state index in [9.17, 15) is 34.3 Å². The van der Waals surface area contributed by atoms with Gasteiger partial charge in [-0.3, -0.25) is 19.2 Å². The van der Waals surface area contributed by atoms with Crippen LogP contribution in [0.3, 0.4) is 0 Å². The Balaban J connectivity index is 1.52. The van der Waals surface area contributed by atoms with Crippen LogP contribution in [0.1, 0.15) is 60.5 Å². The minimum atomic E-state index is -1.63. The Kier molecular flexibility index (Phi) is 12.3. The quantitative estimate of drug-likeness (QED) is 0.120. The molecule has 4 amide bonds. The smallest absolute Gasteiger partial charge is 0.475 e. The number of benzene rings is 2. The summed E-state index contributed by atoms with van der Waals surface area (Å²) in [6.45, 7) is 2.61. The number of hydrogen-bond donors (Lipinski definition) is 7. The van der Waals surface area contributed by atoms with E-state index in [4.69, 9.17) is 5.73 Å². The van der Waals surface area contributed by atoms with Crippen LogP contribution in [0.5, 0.6) is 5.75 Å². The van der Waals surface area contributed by atoms with Gasteiger partial charge >= 0.3 is 7.12 Å². The molecule has 3 rings (SSSR count). The first-order chi connectivity index (χ1) is 20.1. The molecule has 226 valence electrons. The number of carbonyl (C=O) groups is 4. The van der Waals surface area contributed by atoms with E-state index in [-0.39, 0.29) is 36.4 Å². The molecule has 0 spiro atoms. The predicted octanol–water partition coefficient (Wildman–Crippen LogP) is -0.0138. The number of aromatic hydroxyl groups is 1. The average Bonchev–Trinajstić information content (AvgIpc) is 3.47. The zero-order valence-electron chi connectivity index (χ0n) is 23.8. The third-order valence-corrected chi connectivity index (χ3v) is 7.23. The zero-order chi connectivity index (χ0) is 30.6. The molecule has 1 saturated heterocycles. The molecule has 1 heterocycles. The van der Waals surface area contributed by atoms with Gasteiger partial charge in [0.05, 0.1) is 12.4 Å². The minimum absolute atomic E-state index is 0.0662. The maximum atomic E-state index is 13.0. The number of nitrogens with zero attached hydrogens (tertiary/aromatic N) is 1. The second-order valence-electron chi connectivity index (χ2n) is 10.5. The molecule has 1 aliphatic heterocycles. The number of phenolic OH excluding ortho intramolecular Hbond substituents is 1. The summed E-state index contributed by atoms with van der Waals surface area (Å²) in [5, 5.41) is 36.7. The van der Waals surface area contributed by atoms with Gasteiger partial charge in [-0.25, -0.2) is 0 Å². The van der Waals surface area contributed by atoms with Gasteiger partial charge in [0.2, 0.25) is 17.7 Å². The summed E-state index contributed by atoms with van der Waals surface area (Å²) in [6, 6.07) is 11.2. The van der Waals surface area contributed by atoms with Crippen molar-refractivity contribution in [1.29, 1.82) is 0 Å². The molecule has 12 nitrogen and oxygen atoms in total. The first kappa shape index (κ1) is 32.6. The Labute approximate surface area is 245 Å². The van der Waals surface area contributed by atoms with E-state index in [1.165, 1.54) is 17.0 Å². The fourth-order valence-electron chi connectivity index (χ4n) is 4.86. The van der Waals surface area contributed by atoms with Crippen molar-refractivity contribution in [1.82, 2.24) is 20.9 Å². The summed E-state index contributed by atoms with van der Waals surface area (Å²) < 4.78 is 0. The summed E-state index contributed by atoms with van der Waals surface area (Å²) in [5.41, 5.74) is 7.35. The number of rotatable bonds is 14. The Morgan fingerprint density at radius 3 is 2.31 bits per heavy atom. The molecule has 8 N–H and O–H groups in total. The highest BCUT2D eigenvalue weighted by molar-refractivity contribution is 6.43.